The number of phenols is 1. The summed E-state index contributed by atoms with van der Waals surface area (Å²) in [6.07, 6.45) is 0.279. The van der Waals surface area contributed by atoms with Crippen LogP contribution in [0.1, 0.15) is 49.2 Å². The van der Waals surface area contributed by atoms with Gasteiger partial charge in [-0.15, -0.1) is 0 Å². The van der Waals surface area contributed by atoms with E-state index in [4.69, 9.17) is 19.2 Å². The Morgan fingerprint density at radius 3 is 2.27 bits per heavy atom. The molecule has 0 aromatic heterocycles. The molecule has 0 aliphatic carbocycles. The van der Waals surface area contributed by atoms with Gasteiger partial charge in [-0.25, -0.2) is 0 Å². The highest BCUT2D eigenvalue weighted by atomic mass is 16.5. The molecule has 0 radical (unpaired) electrons. The van der Waals surface area contributed by atoms with Crippen molar-refractivity contribution in [2.45, 2.75) is 32.5 Å². The number of benzene rings is 3. The van der Waals surface area contributed by atoms with E-state index in [9.17, 15) is 5.11 Å². The largest absolute Gasteiger partial charge is 0.504 e. The quantitative estimate of drug-likeness (QED) is 0.483. The molecule has 0 spiro atoms. The highest BCUT2D eigenvalue weighted by molar-refractivity contribution is 6.01. The lowest BCUT2D eigenvalue weighted by atomic mass is 9.93. The number of hydrogen-bond donors (Lipinski definition) is 2. The zero-order chi connectivity index (χ0) is 23.2. The number of hydrogen-bond acceptors (Lipinski definition) is 6. The minimum atomic E-state index is -0.334. The van der Waals surface area contributed by atoms with Crippen LogP contribution >= 0.6 is 0 Å². The predicted octanol–water partition coefficient (Wildman–Crippen LogP) is 5.42. The molecule has 1 aliphatic heterocycles. The Labute approximate surface area is 194 Å². The van der Waals surface area contributed by atoms with Crippen molar-refractivity contribution in [3.8, 4) is 23.0 Å². The average Bonchev–Trinajstić information content (AvgIpc) is 2.86. The van der Waals surface area contributed by atoms with Crippen LogP contribution in [0.4, 0.5) is 0 Å². The molecular formula is C27H30N2O4. The Morgan fingerprint density at radius 2 is 1.55 bits per heavy atom. The van der Waals surface area contributed by atoms with Gasteiger partial charge in [-0.05, 0) is 55.8 Å². The fourth-order valence-corrected chi connectivity index (χ4v) is 4.11. The zero-order valence-corrected chi connectivity index (χ0v) is 19.2. The van der Waals surface area contributed by atoms with E-state index in [0.717, 1.165) is 33.9 Å². The number of ether oxygens (including phenoxy) is 3. The molecule has 6 heteroatoms. The molecule has 0 amide bonds. The Morgan fingerprint density at radius 1 is 0.879 bits per heavy atom. The number of nitrogens with one attached hydrogen (secondary N) is 1. The third-order valence-corrected chi connectivity index (χ3v) is 5.68. The summed E-state index contributed by atoms with van der Waals surface area (Å²) in [4.78, 5) is 5.06. The van der Waals surface area contributed by atoms with E-state index in [1.807, 2.05) is 74.5 Å². The maximum atomic E-state index is 10.9. The lowest BCUT2D eigenvalue weighted by Crippen LogP contribution is -2.33. The summed E-state index contributed by atoms with van der Waals surface area (Å²) in [6, 6.07) is 21.3. The van der Waals surface area contributed by atoms with Crippen LogP contribution in [0.25, 0.3) is 0 Å². The summed E-state index contributed by atoms with van der Waals surface area (Å²) in [7, 11) is 1.65. The Kier molecular flexibility index (Phi) is 7.15. The lowest BCUT2D eigenvalue weighted by molar-refractivity contribution is 0.311. The maximum Gasteiger partial charge on any atom is 0.162 e. The fourth-order valence-electron chi connectivity index (χ4n) is 4.11. The molecular weight excluding hydrogens is 416 g/mol. The van der Waals surface area contributed by atoms with E-state index < -0.39 is 0 Å². The summed E-state index contributed by atoms with van der Waals surface area (Å²) in [5, 5.41) is 14.6. The second-order valence-corrected chi connectivity index (χ2v) is 7.73. The monoisotopic (exact) mass is 446 g/mol. The van der Waals surface area contributed by atoms with Gasteiger partial charge in [-0.2, -0.15) is 0 Å². The van der Waals surface area contributed by atoms with Crippen molar-refractivity contribution in [1.82, 2.24) is 5.32 Å². The van der Waals surface area contributed by atoms with Crippen LogP contribution in [-0.4, -0.2) is 31.1 Å². The molecule has 2 N–H and O–H groups in total. The van der Waals surface area contributed by atoms with Crippen LogP contribution in [0.3, 0.4) is 0 Å². The third-order valence-electron chi connectivity index (χ3n) is 5.68. The SMILES string of the molecule is CCOc1ccccc1[C@H]1N=C(c2ccc(OC)cc2)C[C@@H](c2cccc(OCC)c2O)N1. The molecule has 1 aliphatic rings. The Hall–Kier alpha value is -3.51. The molecule has 0 fully saturated rings. The minimum absolute atomic E-state index is 0.157. The summed E-state index contributed by atoms with van der Waals surface area (Å²) < 4.78 is 16.8. The number of para-hydroxylation sites is 2. The molecule has 0 saturated heterocycles. The van der Waals surface area contributed by atoms with Crippen LogP contribution in [0.15, 0.2) is 71.7 Å². The van der Waals surface area contributed by atoms with Gasteiger partial charge in [0.25, 0.3) is 0 Å². The first kappa shape index (κ1) is 22.7. The van der Waals surface area contributed by atoms with E-state index in [2.05, 4.69) is 5.32 Å². The van der Waals surface area contributed by atoms with Crippen molar-refractivity contribution < 1.29 is 19.3 Å². The van der Waals surface area contributed by atoms with E-state index in [0.29, 0.717) is 25.4 Å². The topological polar surface area (TPSA) is 72.3 Å². The highest BCUT2D eigenvalue weighted by Gasteiger charge is 2.30. The normalized spacial score (nSPS) is 17.8. The van der Waals surface area contributed by atoms with Crippen LogP contribution in [0.5, 0.6) is 23.0 Å². The molecule has 1 heterocycles. The lowest BCUT2D eigenvalue weighted by Gasteiger charge is -2.31. The predicted molar refractivity (Wildman–Crippen MR) is 130 cm³/mol. The van der Waals surface area contributed by atoms with Crippen molar-refractivity contribution in [2.75, 3.05) is 20.3 Å². The number of aromatic hydroxyl groups is 1. The average molecular weight is 447 g/mol. The second-order valence-electron chi connectivity index (χ2n) is 7.73. The van der Waals surface area contributed by atoms with Crippen molar-refractivity contribution in [3.63, 3.8) is 0 Å². The van der Waals surface area contributed by atoms with Crippen molar-refractivity contribution >= 4 is 5.71 Å². The summed E-state index contributed by atoms with van der Waals surface area (Å²) in [5.41, 5.74) is 3.69. The van der Waals surface area contributed by atoms with Crippen LogP contribution in [0.2, 0.25) is 0 Å². The van der Waals surface area contributed by atoms with E-state index in [1.165, 1.54) is 0 Å². The fraction of sp³-hybridized carbons (Fsp3) is 0.296. The molecule has 33 heavy (non-hydrogen) atoms. The van der Waals surface area contributed by atoms with Gasteiger partial charge in [0.15, 0.2) is 11.5 Å². The van der Waals surface area contributed by atoms with Gasteiger partial charge in [-0.1, -0.05) is 30.3 Å². The van der Waals surface area contributed by atoms with Crippen molar-refractivity contribution in [1.29, 1.82) is 0 Å². The zero-order valence-electron chi connectivity index (χ0n) is 19.2. The van der Waals surface area contributed by atoms with Gasteiger partial charge in [0.1, 0.15) is 17.7 Å². The third kappa shape index (κ3) is 4.96. The van der Waals surface area contributed by atoms with Crippen molar-refractivity contribution in [2.24, 2.45) is 4.99 Å². The molecule has 172 valence electrons. The van der Waals surface area contributed by atoms with Crippen molar-refractivity contribution in [3.05, 3.63) is 83.4 Å². The standard InChI is InChI=1S/C27H30N2O4/c1-4-32-24-11-7-6-9-21(24)27-28-22(18-13-15-19(31-3)16-14-18)17-23(29-27)20-10-8-12-25(26(20)30)33-5-2/h6-16,23,27,29-30H,4-5,17H2,1-3H3/t23-,27-/m0/s1. The first-order valence-corrected chi connectivity index (χ1v) is 11.3. The number of aliphatic imine (C=N–C) groups is 1. The van der Waals surface area contributed by atoms with Gasteiger partial charge in [0.05, 0.1) is 20.3 Å². The molecule has 0 saturated carbocycles. The summed E-state index contributed by atoms with van der Waals surface area (Å²) in [5.74, 6) is 2.23. The molecule has 4 rings (SSSR count). The Bertz CT molecular complexity index is 1110. The first-order valence-electron chi connectivity index (χ1n) is 11.3. The first-order chi connectivity index (χ1) is 16.1. The molecule has 3 aromatic rings. The summed E-state index contributed by atoms with van der Waals surface area (Å²) in [6.45, 7) is 4.93. The van der Waals surface area contributed by atoms with Gasteiger partial charge < -0.3 is 19.3 Å². The smallest absolute Gasteiger partial charge is 0.162 e. The summed E-state index contributed by atoms with van der Waals surface area (Å²) >= 11 is 0. The Balaban J connectivity index is 1.77. The number of rotatable bonds is 8. The number of phenolic OH excluding ortho intramolecular Hbond substituents is 1. The molecule has 2 atom stereocenters. The van der Waals surface area contributed by atoms with Crippen LogP contribution in [0, 0.1) is 0 Å². The molecule has 6 nitrogen and oxygen atoms in total. The van der Waals surface area contributed by atoms with Gasteiger partial charge in [0, 0.05) is 29.3 Å². The maximum absolute atomic E-state index is 10.9. The van der Waals surface area contributed by atoms with Gasteiger partial charge in [-0.3, -0.25) is 10.3 Å². The molecule has 0 bridgehead atoms. The van der Waals surface area contributed by atoms with E-state index in [-0.39, 0.29) is 18.0 Å². The number of nitrogens with zero attached hydrogens (tertiary/aromatic N) is 1. The number of methoxy groups -OCH3 is 1. The van der Waals surface area contributed by atoms with Crippen LogP contribution < -0.4 is 19.5 Å². The van der Waals surface area contributed by atoms with Gasteiger partial charge >= 0.3 is 0 Å². The molecule has 0 unspecified atom stereocenters. The van der Waals surface area contributed by atoms with E-state index >= 15 is 0 Å². The van der Waals surface area contributed by atoms with Gasteiger partial charge in [0.2, 0.25) is 0 Å². The second kappa shape index (κ2) is 10.4. The molecule has 3 aromatic carbocycles. The highest BCUT2D eigenvalue weighted by Crippen LogP contribution is 2.40. The van der Waals surface area contributed by atoms with Crippen LogP contribution in [-0.2, 0) is 0 Å². The van der Waals surface area contributed by atoms with E-state index in [1.54, 1.807) is 13.2 Å². The minimum Gasteiger partial charge on any atom is -0.504 e.